The number of amides is 2. The Morgan fingerprint density at radius 2 is 2.23 bits per heavy atom. The zero-order valence-electron chi connectivity index (χ0n) is 12.2. The molecule has 2 aromatic rings. The Hall–Kier alpha value is -2.83. The van der Waals surface area contributed by atoms with Gasteiger partial charge in [-0.1, -0.05) is 11.2 Å². The highest BCUT2D eigenvalue weighted by molar-refractivity contribution is 5.95. The van der Waals surface area contributed by atoms with Crippen molar-refractivity contribution < 1.29 is 18.8 Å². The topological polar surface area (TPSA) is 93.5 Å². The molecule has 0 spiro atoms. The van der Waals surface area contributed by atoms with Gasteiger partial charge in [0.2, 0.25) is 5.76 Å². The summed E-state index contributed by atoms with van der Waals surface area (Å²) in [7, 11) is 0. The molecule has 1 aliphatic rings. The Bertz CT molecular complexity index is 738. The van der Waals surface area contributed by atoms with Crippen LogP contribution in [-0.4, -0.2) is 23.6 Å². The van der Waals surface area contributed by atoms with Crippen molar-refractivity contribution in [1.29, 1.82) is 0 Å². The van der Waals surface area contributed by atoms with Gasteiger partial charge in [-0.3, -0.25) is 9.59 Å². The Balaban J connectivity index is 1.75. The van der Waals surface area contributed by atoms with Gasteiger partial charge >= 0.3 is 0 Å². The summed E-state index contributed by atoms with van der Waals surface area (Å²) in [5, 5.41) is 9.24. The molecule has 1 aromatic heterocycles. The molecule has 0 radical (unpaired) electrons. The lowest BCUT2D eigenvalue weighted by atomic mass is 10.1. The number of aryl methyl sites for hydroxylation is 1. The lowest BCUT2D eigenvalue weighted by Gasteiger charge is -2.20. The number of carbonyl (C=O) groups excluding carboxylic acids is 2. The van der Waals surface area contributed by atoms with Crippen LogP contribution in [0.3, 0.4) is 0 Å². The van der Waals surface area contributed by atoms with Crippen LogP contribution < -0.4 is 15.4 Å². The van der Waals surface area contributed by atoms with Crippen molar-refractivity contribution in [3.63, 3.8) is 0 Å². The second-order valence-corrected chi connectivity index (χ2v) is 5.12. The summed E-state index contributed by atoms with van der Waals surface area (Å²) in [5.41, 5.74) is 2.09. The van der Waals surface area contributed by atoms with Gasteiger partial charge < -0.3 is 19.9 Å². The van der Waals surface area contributed by atoms with E-state index in [1.54, 1.807) is 25.1 Å². The van der Waals surface area contributed by atoms with Gasteiger partial charge in [-0.25, -0.2) is 0 Å². The molecule has 1 aromatic carbocycles. The molecule has 2 amide bonds. The summed E-state index contributed by atoms with van der Waals surface area (Å²) in [5.74, 6) is 0.247. The fourth-order valence-corrected chi connectivity index (χ4v) is 2.19. The first kappa shape index (κ1) is 14.1. The number of hydrogen-bond donors (Lipinski definition) is 2. The van der Waals surface area contributed by atoms with Crippen molar-refractivity contribution in [3.8, 4) is 5.75 Å². The van der Waals surface area contributed by atoms with E-state index in [2.05, 4.69) is 15.8 Å². The molecule has 7 heteroatoms. The van der Waals surface area contributed by atoms with E-state index in [4.69, 9.17) is 9.26 Å². The number of anilines is 1. The number of fused-ring (bicyclic) bond motifs is 1. The second-order valence-electron chi connectivity index (χ2n) is 5.12. The molecule has 3 rings (SSSR count). The third kappa shape index (κ3) is 2.78. The number of aromatic nitrogens is 1. The fraction of sp³-hybridized carbons (Fsp3) is 0.267. The standard InChI is InChI=1S/C15H15N3O4/c1-8-5-13(22-18-8)15(20)16-9(2)10-3-4-12-11(6-10)17-14(19)7-21-12/h3-6,9H,7H2,1-2H3,(H,16,20)(H,17,19). The lowest BCUT2D eigenvalue weighted by molar-refractivity contribution is -0.118. The Kier molecular flexibility index (Phi) is 3.54. The van der Waals surface area contributed by atoms with Crippen LogP contribution >= 0.6 is 0 Å². The quantitative estimate of drug-likeness (QED) is 0.901. The predicted octanol–water partition coefficient (Wildman–Crippen LogP) is 1.80. The minimum Gasteiger partial charge on any atom is -0.482 e. The third-order valence-corrected chi connectivity index (χ3v) is 3.34. The third-order valence-electron chi connectivity index (χ3n) is 3.34. The van der Waals surface area contributed by atoms with Gasteiger partial charge in [0.25, 0.3) is 11.8 Å². The van der Waals surface area contributed by atoms with E-state index >= 15 is 0 Å². The van der Waals surface area contributed by atoms with Gasteiger partial charge in [0.05, 0.1) is 17.4 Å². The average Bonchev–Trinajstić information content (AvgIpc) is 2.93. The van der Waals surface area contributed by atoms with Crippen LogP contribution in [0.5, 0.6) is 5.75 Å². The van der Waals surface area contributed by atoms with E-state index in [0.717, 1.165) is 5.56 Å². The number of carbonyl (C=O) groups is 2. The van der Waals surface area contributed by atoms with Crippen molar-refractivity contribution in [1.82, 2.24) is 10.5 Å². The summed E-state index contributed by atoms with van der Waals surface area (Å²) >= 11 is 0. The largest absolute Gasteiger partial charge is 0.482 e. The molecule has 0 saturated heterocycles. The zero-order chi connectivity index (χ0) is 15.7. The maximum Gasteiger partial charge on any atom is 0.290 e. The molecule has 2 N–H and O–H groups in total. The number of rotatable bonds is 3. The number of ether oxygens (including phenoxy) is 1. The van der Waals surface area contributed by atoms with Gasteiger partial charge in [0.1, 0.15) is 5.75 Å². The summed E-state index contributed by atoms with van der Waals surface area (Å²) in [6.45, 7) is 3.60. The van der Waals surface area contributed by atoms with Crippen molar-refractivity contribution >= 4 is 17.5 Å². The monoisotopic (exact) mass is 301 g/mol. The van der Waals surface area contributed by atoms with E-state index in [0.29, 0.717) is 17.1 Å². The average molecular weight is 301 g/mol. The lowest BCUT2D eigenvalue weighted by Crippen LogP contribution is -2.28. The van der Waals surface area contributed by atoms with Crippen LogP contribution in [0.4, 0.5) is 5.69 Å². The Morgan fingerprint density at radius 1 is 1.41 bits per heavy atom. The maximum atomic E-state index is 12.0. The van der Waals surface area contributed by atoms with Gasteiger partial charge in [-0.15, -0.1) is 0 Å². The number of nitrogens with one attached hydrogen (secondary N) is 2. The minimum atomic E-state index is -0.342. The molecule has 114 valence electrons. The Labute approximate surface area is 126 Å². The molecule has 1 unspecified atom stereocenters. The number of benzene rings is 1. The van der Waals surface area contributed by atoms with E-state index in [1.807, 2.05) is 13.0 Å². The van der Waals surface area contributed by atoms with Crippen LogP contribution in [0.1, 0.15) is 34.8 Å². The first-order chi connectivity index (χ1) is 10.5. The van der Waals surface area contributed by atoms with Crippen LogP contribution in [0, 0.1) is 6.92 Å². The summed E-state index contributed by atoms with van der Waals surface area (Å²) < 4.78 is 10.2. The molecule has 0 saturated carbocycles. The van der Waals surface area contributed by atoms with Crippen LogP contribution in [-0.2, 0) is 4.79 Å². The molecule has 0 bridgehead atoms. The molecule has 2 heterocycles. The van der Waals surface area contributed by atoms with Crippen LogP contribution in [0.2, 0.25) is 0 Å². The Morgan fingerprint density at radius 3 is 2.95 bits per heavy atom. The van der Waals surface area contributed by atoms with Crippen molar-refractivity contribution in [2.45, 2.75) is 19.9 Å². The van der Waals surface area contributed by atoms with E-state index in [1.165, 1.54) is 0 Å². The fourth-order valence-electron chi connectivity index (χ4n) is 2.19. The summed E-state index contributed by atoms with van der Waals surface area (Å²) in [6, 6.07) is 6.70. The molecular weight excluding hydrogens is 286 g/mol. The molecule has 0 fully saturated rings. The predicted molar refractivity (Wildman–Crippen MR) is 77.7 cm³/mol. The van der Waals surface area contributed by atoms with Crippen LogP contribution in [0.15, 0.2) is 28.8 Å². The zero-order valence-corrected chi connectivity index (χ0v) is 12.2. The second kappa shape index (κ2) is 5.51. The molecule has 7 nitrogen and oxygen atoms in total. The molecular formula is C15H15N3O4. The van der Waals surface area contributed by atoms with Gasteiger partial charge in [-0.2, -0.15) is 0 Å². The van der Waals surface area contributed by atoms with Crippen molar-refractivity contribution in [3.05, 3.63) is 41.3 Å². The van der Waals surface area contributed by atoms with Gasteiger partial charge in [0.15, 0.2) is 6.61 Å². The SMILES string of the molecule is Cc1cc(C(=O)NC(C)c2ccc3c(c2)NC(=O)CO3)on1. The summed E-state index contributed by atoms with van der Waals surface area (Å²) in [6.07, 6.45) is 0. The first-order valence-corrected chi connectivity index (χ1v) is 6.83. The molecule has 0 aliphatic carbocycles. The van der Waals surface area contributed by atoms with E-state index in [9.17, 15) is 9.59 Å². The van der Waals surface area contributed by atoms with Crippen molar-refractivity contribution in [2.75, 3.05) is 11.9 Å². The minimum absolute atomic E-state index is 0.0173. The maximum absolute atomic E-state index is 12.0. The summed E-state index contributed by atoms with van der Waals surface area (Å²) in [4.78, 5) is 23.4. The first-order valence-electron chi connectivity index (χ1n) is 6.83. The molecule has 22 heavy (non-hydrogen) atoms. The molecule has 1 atom stereocenters. The molecule has 1 aliphatic heterocycles. The van der Waals surface area contributed by atoms with Crippen LogP contribution in [0.25, 0.3) is 0 Å². The highest BCUT2D eigenvalue weighted by atomic mass is 16.5. The van der Waals surface area contributed by atoms with E-state index < -0.39 is 0 Å². The number of hydrogen-bond acceptors (Lipinski definition) is 5. The van der Waals surface area contributed by atoms with Gasteiger partial charge in [-0.05, 0) is 31.5 Å². The van der Waals surface area contributed by atoms with Crippen molar-refractivity contribution in [2.24, 2.45) is 0 Å². The number of nitrogens with zero attached hydrogens (tertiary/aromatic N) is 1. The smallest absolute Gasteiger partial charge is 0.290 e. The highest BCUT2D eigenvalue weighted by Crippen LogP contribution is 2.30. The van der Waals surface area contributed by atoms with E-state index in [-0.39, 0.29) is 30.2 Å². The highest BCUT2D eigenvalue weighted by Gasteiger charge is 2.19. The van der Waals surface area contributed by atoms with Gasteiger partial charge in [0, 0.05) is 6.07 Å². The normalized spacial score (nSPS) is 14.5.